The molecule has 18 heavy (non-hydrogen) atoms. The molecule has 2 rings (SSSR count). The van der Waals surface area contributed by atoms with Crippen molar-refractivity contribution in [1.82, 2.24) is 9.55 Å². The van der Waals surface area contributed by atoms with E-state index in [9.17, 15) is 0 Å². The van der Waals surface area contributed by atoms with Crippen LogP contribution in [0.3, 0.4) is 0 Å². The van der Waals surface area contributed by atoms with Crippen LogP contribution in [0.25, 0.3) is 0 Å². The van der Waals surface area contributed by atoms with Crippen LogP contribution >= 0.6 is 0 Å². The van der Waals surface area contributed by atoms with Crippen molar-refractivity contribution < 1.29 is 0 Å². The second kappa shape index (κ2) is 4.94. The van der Waals surface area contributed by atoms with Crippen molar-refractivity contribution in [2.45, 2.75) is 33.7 Å². The van der Waals surface area contributed by atoms with Gasteiger partial charge in [-0.2, -0.15) is 0 Å². The van der Waals surface area contributed by atoms with Gasteiger partial charge in [-0.3, -0.25) is 0 Å². The predicted molar refractivity (Wildman–Crippen MR) is 74.6 cm³/mol. The molecule has 1 heterocycles. The Balaban J connectivity index is 2.37. The molecule has 2 N–H and O–H groups in total. The summed E-state index contributed by atoms with van der Waals surface area (Å²) < 4.78 is 2.08. The molecule has 2 aromatic rings. The number of rotatable bonds is 3. The van der Waals surface area contributed by atoms with Crippen molar-refractivity contribution in [2.24, 2.45) is 12.8 Å². The Morgan fingerprint density at radius 2 is 1.94 bits per heavy atom. The monoisotopic (exact) mass is 243 g/mol. The zero-order valence-corrected chi connectivity index (χ0v) is 11.6. The molecule has 1 aromatic carbocycles. The highest BCUT2D eigenvalue weighted by molar-refractivity contribution is 5.36. The second-order valence-electron chi connectivity index (χ2n) is 4.86. The number of aryl methyl sites for hydroxylation is 1. The molecule has 3 heteroatoms. The van der Waals surface area contributed by atoms with Crippen molar-refractivity contribution in [3.05, 3.63) is 52.1 Å². The quantitative estimate of drug-likeness (QED) is 0.899. The molecular formula is C15H21N3. The molecule has 0 aliphatic rings. The Labute approximate surface area is 109 Å². The van der Waals surface area contributed by atoms with E-state index in [0.29, 0.717) is 6.54 Å². The Morgan fingerprint density at radius 3 is 2.56 bits per heavy atom. The van der Waals surface area contributed by atoms with Crippen molar-refractivity contribution in [2.75, 3.05) is 0 Å². The number of benzene rings is 1. The van der Waals surface area contributed by atoms with Gasteiger partial charge in [-0.1, -0.05) is 18.2 Å². The minimum Gasteiger partial charge on any atom is -0.334 e. The lowest BCUT2D eigenvalue weighted by atomic mass is 9.99. The minimum absolute atomic E-state index is 0.490. The van der Waals surface area contributed by atoms with Gasteiger partial charge in [-0.25, -0.2) is 4.98 Å². The smallest absolute Gasteiger partial charge is 0.122 e. The van der Waals surface area contributed by atoms with Gasteiger partial charge < -0.3 is 10.3 Å². The van der Waals surface area contributed by atoms with E-state index in [4.69, 9.17) is 5.73 Å². The molecule has 0 fully saturated rings. The molecule has 0 radical (unpaired) electrons. The molecule has 0 spiro atoms. The number of hydrogen-bond acceptors (Lipinski definition) is 2. The van der Waals surface area contributed by atoms with Gasteiger partial charge in [-0.05, 0) is 37.5 Å². The minimum atomic E-state index is 0.490. The van der Waals surface area contributed by atoms with Crippen LogP contribution in [-0.4, -0.2) is 9.55 Å². The lowest BCUT2D eigenvalue weighted by Crippen LogP contribution is -2.05. The Bertz CT molecular complexity index is 567. The van der Waals surface area contributed by atoms with Gasteiger partial charge >= 0.3 is 0 Å². The van der Waals surface area contributed by atoms with E-state index in [1.807, 2.05) is 7.05 Å². The summed E-state index contributed by atoms with van der Waals surface area (Å²) >= 11 is 0. The van der Waals surface area contributed by atoms with Crippen molar-refractivity contribution >= 4 is 0 Å². The molecule has 0 saturated carbocycles. The standard InChI is InChI=1S/C15H21N3/c1-10-6-5-7-13(11(10)2)8-14-12(3)18(4)15(9-16)17-14/h5-7H,8-9,16H2,1-4H3. The van der Waals surface area contributed by atoms with Crippen LogP contribution in [0.4, 0.5) is 0 Å². The number of imidazole rings is 1. The second-order valence-corrected chi connectivity index (χ2v) is 4.86. The van der Waals surface area contributed by atoms with Gasteiger partial charge in [0.15, 0.2) is 0 Å². The van der Waals surface area contributed by atoms with Gasteiger partial charge in [0.05, 0.1) is 12.2 Å². The molecule has 3 nitrogen and oxygen atoms in total. The predicted octanol–water partition coefficient (Wildman–Crippen LogP) is 2.39. The van der Waals surface area contributed by atoms with Crippen molar-refractivity contribution in [1.29, 1.82) is 0 Å². The maximum atomic E-state index is 5.70. The SMILES string of the molecule is Cc1cccc(Cc2nc(CN)n(C)c2C)c1C. The molecule has 0 unspecified atom stereocenters. The molecule has 0 atom stereocenters. The van der Waals surface area contributed by atoms with E-state index in [2.05, 4.69) is 48.5 Å². The molecule has 0 aliphatic heterocycles. The summed E-state index contributed by atoms with van der Waals surface area (Å²) in [5.41, 5.74) is 12.1. The molecule has 0 bridgehead atoms. The lowest BCUT2D eigenvalue weighted by Gasteiger charge is -2.07. The zero-order valence-electron chi connectivity index (χ0n) is 11.6. The van der Waals surface area contributed by atoms with E-state index >= 15 is 0 Å². The van der Waals surface area contributed by atoms with E-state index < -0.39 is 0 Å². The van der Waals surface area contributed by atoms with Crippen LogP contribution in [0.5, 0.6) is 0 Å². The maximum absolute atomic E-state index is 5.70. The number of aromatic nitrogens is 2. The van der Waals surface area contributed by atoms with Crippen LogP contribution in [0.15, 0.2) is 18.2 Å². The molecular weight excluding hydrogens is 222 g/mol. The fourth-order valence-corrected chi connectivity index (χ4v) is 2.23. The highest BCUT2D eigenvalue weighted by atomic mass is 15.1. The highest BCUT2D eigenvalue weighted by Crippen LogP contribution is 2.19. The van der Waals surface area contributed by atoms with Crippen LogP contribution in [0.2, 0.25) is 0 Å². The van der Waals surface area contributed by atoms with E-state index in [1.54, 1.807) is 0 Å². The summed E-state index contributed by atoms with van der Waals surface area (Å²) in [5.74, 6) is 0.952. The average Bonchev–Trinajstić information content (AvgIpc) is 2.63. The average molecular weight is 243 g/mol. The number of nitrogens with two attached hydrogens (primary N) is 1. The first-order valence-corrected chi connectivity index (χ1v) is 6.30. The van der Waals surface area contributed by atoms with E-state index in [-0.39, 0.29) is 0 Å². The van der Waals surface area contributed by atoms with Crippen LogP contribution in [0, 0.1) is 20.8 Å². The van der Waals surface area contributed by atoms with Crippen LogP contribution in [0.1, 0.15) is 33.9 Å². The summed E-state index contributed by atoms with van der Waals surface area (Å²) in [7, 11) is 2.02. The fourth-order valence-electron chi connectivity index (χ4n) is 2.23. The number of nitrogens with zero attached hydrogens (tertiary/aromatic N) is 2. The first-order valence-electron chi connectivity index (χ1n) is 6.30. The molecule has 0 amide bonds. The van der Waals surface area contributed by atoms with Gasteiger partial charge in [0.25, 0.3) is 0 Å². The third-order valence-corrected chi connectivity index (χ3v) is 3.83. The molecule has 1 aromatic heterocycles. The fraction of sp³-hybridized carbons (Fsp3) is 0.400. The first kappa shape index (κ1) is 12.8. The Morgan fingerprint density at radius 1 is 1.22 bits per heavy atom. The zero-order chi connectivity index (χ0) is 13.3. The summed E-state index contributed by atoms with van der Waals surface area (Å²) in [4.78, 5) is 4.63. The lowest BCUT2D eigenvalue weighted by molar-refractivity contribution is 0.774. The normalized spacial score (nSPS) is 10.9. The summed E-state index contributed by atoms with van der Waals surface area (Å²) in [6, 6.07) is 6.44. The summed E-state index contributed by atoms with van der Waals surface area (Å²) in [6.45, 7) is 6.92. The first-order chi connectivity index (χ1) is 8.54. The molecule has 96 valence electrons. The van der Waals surface area contributed by atoms with E-state index in [0.717, 1.165) is 17.9 Å². The van der Waals surface area contributed by atoms with Gasteiger partial charge in [0, 0.05) is 19.2 Å². The molecule has 0 saturated heterocycles. The third-order valence-electron chi connectivity index (χ3n) is 3.83. The highest BCUT2D eigenvalue weighted by Gasteiger charge is 2.11. The van der Waals surface area contributed by atoms with Crippen molar-refractivity contribution in [3.8, 4) is 0 Å². The maximum Gasteiger partial charge on any atom is 0.122 e. The van der Waals surface area contributed by atoms with Gasteiger partial charge in [0.2, 0.25) is 0 Å². The van der Waals surface area contributed by atoms with Crippen LogP contribution in [-0.2, 0) is 20.0 Å². The van der Waals surface area contributed by atoms with Crippen LogP contribution < -0.4 is 5.73 Å². The van der Waals surface area contributed by atoms with Gasteiger partial charge in [0.1, 0.15) is 5.82 Å². The Hall–Kier alpha value is -1.61. The third kappa shape index (κ3) is 2.18. The summed E-state index contributed by atoms with van der Waals surface area (Å²) in [5, 5.41) is 0. The topological polar surface area (TPSA) is 43.8 Å². The van der Waals surface area contributed by atoms with E-state index in [1.165, 1.54) is 22.4 Å². The summed E-state index contributed by atoms with van der Waals surface area (Å²) in [6.07, 6.45) is 0.882. The molecule has 0 aliphatic carbocycles. The van der Waals surface area contributed by atoms with Gasteiger partial charge in [-0.15, -0.1) is 0 Å². The number of hydrogen-bond donors (Lipinski definition) is 1. The largest absolute Gasteiger partial charge is 0.334 e. The Kier molecular flexibility index (Phi) is 3.53. The van der Waals surface area contributed by atoms with Crippen molar-refractivity contribution in [3.63, 3.8) is 0 Å².